The van der Waals surface area contributed by atoms with Crippen molar-refractivity contribution in [3.63, 3.8) is 0 Å². The molecule has 1 saturated carbocycles. The number of carbonyl (C=O) groups is 1. The average Bonchev–Trinajstić information content (AvgIpc) is 2.42. The Balaban J connectivity index is 1.94. The zero-order valence-electron chi connectivity index (χ0n) is 11.5. The van der Waals surface area contributed by atoms with Crippen LogP contribution >= 0.6 is 15.9 Å². The van der Waals surface area contributed by atoms with Gasteiger partial charge in [0.05, 0.1) is 0 Å². The molecular weight excluding hydrogens is 302 g/mol. The summed E-state index contributed by atoms with van der Waals surface area (Å²) in [4.78, 5) is 12.1. The van der Waals surface area contributed by atoms with Crippen LogP contribution in [0.15, 0.2) is 22.7 Å². The Kier molecular flexibility index (Phi) is 5.44. The predicted octanol–water partition coefficient (Wildman–Crippen LogP) is 4.92. The third-order valence-corrected chi connectivity index (χ3v) is 4.41. The fourth-order valence-corrected chi connectivity index (χ4v) is 3.24. The summed E-state index contributed by atoms with van der Waals surface area (Å²) in [5.74, 6) is 0.762. The molecule has 0 bridgehead atoms. The zero-order chi connectivity index (χ0) is 13.7. The Morgan fingerprint density at radius 3 is 2.74 bits per heavy atom. The number of hydrogen-bond acceptors (Lipinski definition) is 1. The number of carbonyl (C=O) groups excluding carboxylic acids is 1. The zero-order valence-corrected chi connectivity index (χ0v) is 13.1. The molecule has 1 fully saturated rings. The minimum absolute atomic E-state index is 0.170. The smallest absolute Gasteiger partial charge is 0.224 e. The maximum Gasteiger partial charge on any atom is 0.224 e. The molecule has 2 nitrogen and oxygen atoms in total. The van der Waals surface area contributed by atoms with E-state index in [9.17, 15) is 4.79 Å². The van der Waals surface area contributed by atoms with Gasteiger partial charge in [0.25, 0.3) is 0 Å². The minimum Gasteiger partial charge on any atom is -0.326 e. The number of hydrogen-bond donors (Lipinski definition) is 1. The van der Waals surface area contributed by atoms with Crippen LogP contribution in [0.25, 0.3) is 0 Å². The highest BCUT2D eigenvalue weighted by Crippen LogP contribution is 2.27. The lowest BCUT2D eigenvalue weighted by Gasteiger charge is -2.21. The van der Waals surface area contributed by atoms with Crippen LogP contribution in [0.1, 0.15) is 51.0 Å². The van der Waals surface area contributed by atoms with Gasteiger partial charge in [-0.2, -0.15) is 0 Å². The van der Waals surface area contributed by atoms with E-state index in [0.717, 1.165) is 16.6 Å². The molecule has 19 heavy (non-hydrogen) atoms. The molecule has 1 aromatic carbocycles. The van der Waals surface area contributed by atoms with E-state index < -0.39 is 0 Å². The van der Waals surface area contributed by atoms with E-state index in [4.69, 9.17) is 0 Å². The van der Waals surface area contributed by atoms with Crippen molar-refractivity contribution in [2.45, 2.75) is 51.9 Å². The highest BCUT2D eigenvalue weighted by atomic mass is 79.9. The Bertz CT molecular complexity index is 438. The topological polar surface area (TPSA) is 29.1 Å². The van der Waals surface area contributed by atoms with Gasteiger partial charge in [-0.3, -0.25) is 4.79 Å². The molecule has 2 rings (SSSR count). The van der Waals surface area contributed by atoms with Crippen molar-refractivity contribution < 1.29 is 4.79 Å². The van der Waals surface area contributed by atoms with Gasteiger partial charge in [0.15, 0.2) is 0 Å². The molecule has 1 amide bonds. The van der Waals surface area contributed by atoms with Crippen molar-refractivity contribution >= 4 is 27.5 Å². The quantitative estimate of drug-likeness (QED) is 0.837. The van der Waals surface area contributed by atoms with Crippen LogP contribution in [-0.2, 0) is 11.2 Å². The van der Waals surface area contributed by atoms with Crippen LogP contribution < -0.4 is 5.32 Å². The summed E-state index contributed by atoms with van der Waals surface area (Å²) >= 11 is 3.47. The van der Waals surface area contributed by atoms with Crippen LogP contribution in [0, 0.1) is 5.92 Å². The summed E-state index contributed by atoms with van der Waals surface area (Å²) in [6.07, 6.45) is 7.96. The van der Waals surface area contributed by atoms with Crippen LogP contribution in [0.4, 0.5) is 5.69 Å². The largest absolute Gasteiger partial charge is 0.326 e. The average molecular weight is 324 g/mol. The van der Waals surface area contributed by atoms with Gasteiger partial charge in [-0.1, -0.05) is 42.1 Å². The summed E-state index contributed by atoms with van der Waals surface area (Å²) < 4.78 is 1.06. The van der Waals surface area contributed by atoms with Crippen LogP contribution in [0.3, 0.4) is 0 Å². The molecule has 0 spiro atoms. The molecule has 0 heterocycles. The molecule has 1 aromatic rings. The van der Waals surface area contributed by atoms with Crippen molar-refractivity contribution in [1.29, 1.82) is 0 Å². The second-order valence-electron chi connectivity index (χ2n) is 5.41. The third kappa shape index (κ3) is 4.34. The van der Waals surface area contributed by atoms with Crippen molar-refractivity contribution in [2.75, 3.05) is 5.32 Å². The summed E-state index contributed by atoms with van der Waals surface area (Å²) in [5.41, 5.74) is 2.15. The first-order chi connectivity index (χ1) is 9.19. The fraction of sp³-hybridized carbons (Fsp3) is 0.562. The Hall–Kier alpha value is -0.830. The van der Waals surface area contributed by atoms with Gasteiger partial charge < -0.3 is 5.32 Å². The number of nitrogens with one attached hydrogen (secondary N) is 1. The molecular formula is C16H22BrNO. The minimum atomic E-state index is 0.170. The Morgan fingerprint density at radius 2 is 2.05 bits per heavy atom. The van der Waals surface area contributed by atoms with Crippen LogP contribution in [0.2, 0.25) is 0 Å². The SMILES string of the molecule is CCc1cc(Br)ccc1NC(=O)CC1CCCCC1. The molecule has 1 aliphatic carbocycles. The maximum atomic E-state index is 12.1. The lowest BCUT2D eigenvalue weighted by molar-refractivity contribution is -0.117. The predicted molar refractivity (Wildman–Crippen MR) is 83.3 cm³/mol. The molecule has 0 unspecified atom stereocenters. The summed E-state index contributed by atoms with van der Waals surface area (Å²) in [6.45, 7) is 2.11. The summed E-state index contributed by atoms with van der Waals surface area (Å²) in [6, 6.07) is 6.05. The van der Waals surface area contributed by atoms with E-state index in [1.807, 2.05) is 12.1 Å². The molecule has 0 aromatic heterocycles. The molecule has 0 atom stereocenters. The van der Waals surface area contributed by atoms with Gasteiger partial charge in [-0.25, -0.2) is 0 Å². The van der Waals surface area contributed by atoms with Gasteiger partial charge in [0, 0.05) is 16.6 Å². The van der Waals surface area contributed by atoms with Crippen LogP contribution in [-0.4, -0.2) is 5.91 Å². The van der Waals surface area contributed by atoms with Crippen molar-refractivity contribution in [2.24, 2.45) is 5.92 Å². The lowest BCUT2D eigenvalue weighted by atomic mass is 9.87. The normalized spacial score (nSPS) is 16.3. The van der Waals surface area contributed by atoms with Crippen molar-refractivity contribution in [1.82, 2.24) is 0 Å². The second-order valence-corrected chi connectivity index (χ2v) is 6.33. The Labute approximate surface area is 124 Å². The van der Waals surface area contributed by atoms with E-state index >= 15 is 0 Å². The molecule has 0 aliphatic heterocycles. The van der Waals surface area contributed by atoms with Gasteiger partial charge in [0.1, 0.15) is 0 Å². The maximum absolute atomic E-state index is 12.1. The first-order valence-corrected chi connectivity index (χ1v) is 8.06. The van der Waals surface area contributed by atoms with Gasteiger partial charge in [-0.15, -0.1) is 0 Å². The summed E-state index contributed by atoms with van der Waals surface area (Å²) in [7, 11) is 0. The van der Waals surface area contributed by atoms with Gasteiger partial charge in [-0.05, 0) is 48.9 Å². The first kappa shape index (κ1) is 14.6. The third-order valence-electron chi connectivity index (χ3n) is 3.92. The Morgan fingerprint density at radius 1 is 1.32 bits per heavy atom. The molecule has 1 N–H and O–H groups in total. The van der Waals surface area contributed by atoms with Gasteiger partial charge in [0.2, 0.25) is 5.91 Å². The number of amides is 1. The van der Waals surface area contributed by atoms with Crippen molar-refractivity contribution in [3.8, 4) is 0 Å². The van der Waals surface area contributed by atoms with E-state index in [-0.39, 0.29) is 5.91 Å². The molecule has 1 aliphatic rings. The van der Waals surface area contributed by atoms with Crippen LogP contribution in [0.5, 0.6) is 0 Å². The number of aryl methyl sites for hydroxylation is 1. The number of halogens is 1. The number of rotatable bonds is 4. The van der Waals surface area contributed by atoms with Gasteiger partial charge >= 0.3 is 0 Å². The van der Waals surface area contributed by atoms with E-state index in [1.54, 1.807) is 0 Å². The second kappa shape index (κ2) is 7.09. The highest BCUT2D eigenvalue weighted by molar-refractivity contribution is 9.10. The van der Waals surface area contributed by atoms with E-state index in [2.05, 4.69) is 34.2 Å². The van der Waals surface area contributed by atoms with E-state index in [1.165, 1.54) is 37.7 Å². The molecule has 104 valence electrons. The molecule has 0 radical (unpaired) electrons. The number of anilines is 1. The fourth-order valence-electron chi connectivity index (χ4n) is 2.83. The monoisotopic (exact) mass is 323 g/mol. The summed E-state index contributed by atoms with van der Waals surface area (Å²) in [5, 5.41) is 3.08. The highest BCUT2D eigenvalue weighted by Gasteiger charge is 2.17. The van der Waals surface area contributed by atoms with Crippen molar-refractivity contribution in [3.05, 3.63) is 28.2 Å². The number of benzene rings is 1. The van der Waals surface area contributed by atoms with E-state index in [0.29, 0.717) is 12.3 Å². The molecule has 0 saturated heterocycles. The molecule has 3 heteroatoms. The first-order valence-electron chi connectivity index (χ1n) is 7.27. The lowest BCUT2D eigenvalue weighted by Crippen LogP contribution is -2.19. The standard InChI is InChI=1S/C16H22BrNO/c1-2-13-11-14(17)8-9-15(13)18-16(19)10-12-6-4-3-5-7-12/h8-9,11-12H,2-7,10H2,1H3,(H,18,19).